The average molecular weight is 490 g/mol. The molecule has 0 radical (unpaired) electrons. The zero-order valence-corrected chi connectivity index (χ0v) is 19.6. The van der Waals surface area contributed by atoms with Crippen molar-refractivity contribution in [1.29, 1.82) is 0 Å². The Balaban J connectivity index is 1.15. The molecule has 4 rings (SSSR count). The summed E-state index contributed by atoms with van der Waals surface area (Å²) in [6, 6.07) is 11.7. The molecule has 11 heteroatoms. The Labute approximate surface area is 197 Å². The highest BCUT2D eigenvalue weighted by molar-refractivity contribution is 8.26. The highest BCUT2D eigenvalue weighted by Crippen LogP contribution is 2.33. The van der Waals surface area contributed by atoms with Gasteiger partial charge >= 0.3 is 0 Å². The fourth-order valence-electron chi connectivity index (χ4n) is 2.89. The van der Waals surface area contributed by atoms with Gasteiger partial charge in [-0.25, -0.2) is 10.4 Å². The lowest BCUT2D eigenvalue weighted by molar-refractivity contribution is -0.124. The molecule has 0 saturated carbocycles. The summed E-state index contributed by atoms with van der Waals surface area (Å²) in [6.45, 7) is 0.424. The molecule has 3 heterocycles. The molecule has 160 valence electrons. The number of aromatic amines is 1. The number of para-hydroxylation sites is 2. The molecule has 0 spiro atoms. The molecular weight excluding hydrogens is 471 g/mol. The van der Waals surface area contributed by atoms with E-state index in [1.165, 1.54) is 23.5 Å². The van der Waals surface area contributed by atoms with E-state index < -0.39 is 0 Å². The van der Waals surface area contributed by atoms with E-state index in [1.807, 2.05) is 47.9 Å². The number of thiocarbonyl (C=S) groups is 1. The highest BCUT2D eigenvalue weighted by atomic mass is 32.2. The molecule has 31 heavy (non-hydrogen) atoms. The molecule has 0 aliphatic carbocycles. The van der Waals surface area contributed by atoms with Crippen LogP contribution < -0.4 is 10.9 Å². The third kappa shape index (κ3) is 5.74. The number of thioether (sulfide) groups is 2. The van der Waals surface area contributed by atoms with Crippen molar-refractivity contribution in [1.82, 2.24) is 25.7 Å². The van der Waals surface area contributed by atoms with Crippen molar-refractivity contribution in [3.63, 3.8) is 0 Å². The van der Waals surface area contributed by atoms with Gasteiger partial charge < -0.3 is 4.98 Å². The first kappa shape index (κ1) is 22.0. The van der Waals surface area contributed by atoms with E-state index in [0.717, 1.165) is 21.1 Å². The maximum absolute atomic E-state index is 12.6. The van der Waals surface area contributed by atoms with E-state index in [2.05, 4.69) is 20.8 Å². The Morgan fingerprint density at radius 1 is 1.29 bits per heavy atom. The van der Waals surface area contributed by atoms with E-state index in [4.69, 9.17) is 12.2 Å². The zero-order chi connectivity index (χ0) is 21.6. The number of rotatable bonds is 9. The van der Waals surface area contributed by atoms with Crippen molar-refractivity contribution in [2.75, 3.05) is 12.4 Å². The number of benzene rings is 1. The first-order valence-electron chi connectivity index (χ1n) is 9.48. The van der Waals surface area contributed by atoms with Gasteiger partial charge in [0.1, 0.15) is 4.32 Å². The van der Waals surface area contributed by atoms with E-state index >= 15 is 0 Å². The SMILES string of the molecule is O=C(CCCN1C(=O)C(=Cc2cccs2)SC1=S)NNCSc1nc2ccccc2[nH]1. The fraction of sp³-hybridized carbons (Fsp3) is 0.200. The first-order valence-corrected chi connectivity index (χ1v) is 12.6. The second-order valence-electron chi connectivity index (χ2n) is 6.53. The van der Waals surface area contributed by atoms with Crippen LogP contribution in [0.1, 0.15) is 17.7 Å². The number of nitrogens with one attached hydrogen (secondary N) is 3. The number of fused-ring (bicyclic) bond motifs is 1. The number of carbonyl (C=O) groups is 2. The van der Waals surface area contributed by atoms with Crippen molar-refractivity contribution in [3.8, 4) is 0 Å². The number of hydrazine groups is 1. The minimum absolute atomic E-state index is 0.0934. The highest BCUT2D eigenvalue weighted by Gasteiger charge is 2.31. The molecule has 0 bridgehead atoms. The molecule has 2 aromatic heterocycles. The summed E-state index contributed by atoms with van der Waals surface area (Å²) >= 11 is 9.67. The third-order valence-electron chi connectivity index (χ3n) is 4.35. The van der Waals surface area contributed by atoms with Crippen LogP contribution in [-0.4, -0.2) is 43.4 Å². The van der Waals surface area contributed by atoms with Crippen molar-refractivity contribution in [3.05, 3.63) is 51.6 Å². The molecule has 3 N–H and O–H groups in total. The number of hydrogen-bond donors (Lipinski definition) is 3. The molecule has 2 amide bonds. The van der Waals surface area contributed by atoms with Crippen LogP contribution in [0.15, 0.2) is 51.8 Å². The number of aromatic nitrogens is 2. The molecule has 0 atom stereocenters. The summed E-state index contributed by atoms with van der Waals surface area (Å²) in [6.07, 6.45) is 2.69. The first-order chi connectivity index (χ1) is 15.1. The number of hydrogen-bond acceptors (Lipinski definition) is 8. The second kappa shape index (κ2) is 10.4. The van der Waals surface area contributed by atoms with Crippen LogP contribution in [0.3, 0.4) is 0 Å². The predicted molar refractivity (Wildman–Crippen MR) is 132 cm³/mol. The second-order valence-corrected chi connectivity index (χ2v) is 10.1. The monoisotopic (exact) mass is 489 g/mol. The number of amides is 2. The Morgan fingerprint density at radius 3 is 2.97 bits per heavy atom. The molecule has 1 aliphatic rings. The molecule has 3 aromatic rings. The van der Waals surface area contributed by atoms with Gasteiger partial charge in [0.2, 0.25) is 5.91 Å². The summed E-state index contributed by atoms with van der Waals surface area (Å²) in [5.41, 5.74) is 7.45. The molecule has 1 saturated heterocycles. The Morgan fingerprint density at radius 2 is 2.16 bits per heavy atom. The van der Waals surface area contributed by atoms with Crippen molar-refractivity contribution < 1.29 is 9.59 Å². The van der Waals surface area contributed by atoms with Gasteiger partial charge in [0, 0.05) is 17.8 Å². The van der Waals surface area contributed by atoms with Crippen molar-refractivity contribution in [2.24, 2.45) is 0 Å². The van der Waals surface area contributed by atoms with E-state index in [-0.39, 0.29) is 11.8 Å². The van der Waals surface area contributed by atoms with Crippen LogP contribution in [0.2, 0.25) is 0 Å². The van der Waals surface area contributed by atoms with E-state index in [9.17, 15) is 9.59 Å². The third-order valence-corrected chi connectivity index (χ3v) is 7.30. The minimum atomic E-state index is -0.134. The number of carbonyl (C=O) groups excluding carboxylic acids is 2. The number of imidazole rings is 1. The van der Waals surface area contributed by atoms with Gasteiger partial charge in [0.05, 0.1) is 21.8 Å². The van der Waals surface area contributed by atoms with Crippen LogP contribution in [0, 0.1) is 0 Å². The summed E-state index contributed by atoms with van der Waals surface area (Å²) in [4.78, 5) is 35.5. The van der Waals surface area contributed by atoms with Gasteiger partial charge in [-0.3, -0.25) is 19.9 Å². The molecule has 1 fully saturated rings. The fourth-order valence-corrected chi connectivity index (χ4v) is 5.55. The molecule has 1 aromatic carbocycles. The summed E-state index contributed by atoms with van der Waals surface area (Å²) in [5, 5.41) is 2.75. The molecule has 1 aliphatic heterocycles. The van der Waals surface area contributed by atoms with Crippen LogP contribution in [0.4, 0.5) is 0 Å². The van der Waals surface area contributed by atoms with Crippen LogP contribution in [-0.2, 0) is 9.59 Å². The van der Waals surface area contributed by atoms with Crippen LogP contribution >= 0.6 is 47.1 Å². The van der Waals surface area contributed by atoms with Gasteiger partial charge in [-0.1, -0.05) is 53.9 Å². The molecule has 0 unspecified atom stereocenters. The maximum atomic E-state index is 12.6. The Kier molecular flexibility index (Phi) is 7.41. The van der Waals surface area contributed by atoms with Crippen LogP contribution in [0.25, 0.3) is 17.1 Å². The van der Waals surface area contributed by atoms with E-state index in [1.54, 1.807) is 16.2 Å². The standard InChI is InChI=1S/C20H19N5O2S4/c26-17(24-21-12-30-19-22-14-6-1-2-7-15(14)23-19)8-3-9-25-18(27)16(31-20(25)28)11-13-5-4-10-29-13/h1-2,4-7,10-11,21H,3,8-9,12H2,(H,22,23)(H,24,26). The summed E-state index contributed by atoms with van der Waals surface area (Å²) < 4.78 is 0.536. The van der Waals surface area contributed by atoms with Gasteiger partial charge in [-0.15, -0.1) is 11.3 Å². The van der Waals surface area contributed by atoms with E-state index in [0.29, 0.717) is 34.5 Å². The largest absolute Gasteiger partial charge is 0.333 e. The Bertz CT molecular complexity index is 1090. The lowest BCUT2D eigenvalue weighted by Crippen LogP contribution is -2.37. The normalized spacial score (nSPS) is 15.4. The minimum Gasteiger partial charge on any atom is -0.333 e. The van der Waals surface area contributed by atoms with Gasteiger partial charge in [-0.2, -0.15) is 0 Å². The summed E-state index contributed by atoms with van der Waals surface area (Å²) in [7, 11) is 0. The van der Waals surface area contributed by atoms with Crippen molar-refractivity contribution in [2.45, 2.75) is 18.0 Å². The number of thiophene rings is 1. The lowest BCUT2D eigenvalue weighted by Gasteiger charge is -2.14. The maximum Gasteiger partial charge on any atom is 0.266 e. The Hall–Kier alpha value is -2.18. The molecule has 7 nitrogen and oxygen atoms in total. The zero-order valence-electron chi connectivity index (χ0n) is 16.3. The topological polar surface area (TPSA) is 90.1 Å². The van der Waals surface area contributed by atoms with Gasteiger partial charge in [-0.05, 0) is 36.1 Å². The van der Waals surface area contributed by atoms with Gasteiger partial charge in [0.15, 0.2) is 5.16 Å². The predicted octanol–water partition coefficient (Wildman–Crippen LogP) is 3.98. The summed E-state index contributed by atoms with van der Waals surface area (Å²) in [5.74, 6) is 0.252. The smallest absolute Gasteiger partial charge is 0.266 e. The van der Waals surface area contributed by atoms with Crippen LogP contribution in [0.5, 0.6) is 0 Å². The van der Waals surface area contributed by atoms with Gasteiger partial charge in [0.25, 0.3) is 5.91 Å². The molecular formula is C20H19N5O2S4. The number of H-pyrrole nitrogens is 1. The average Bonchev–Trinajstić information content (AvgIpc) is 3.47. The quantitative estimate of drug-likeness (QED) is 0.105. The lowest BCUT2D eigenvalue weighted by atomic mass is 10.3. The van der Waals surface area contributed by atoms with Crippen molar-refractivity contribution >= 4 is 80.3 Å². The number of nitrogens with zero attached hydrogens (tertiary/aromatic N) is 2.